The number of ether oxygens (including phenoxy) is 1. The summed E-state index contributed by atoms with van der Waals surface area (Å²) in [6.07, 6.45) is 1.25. The van der Waals surface area contributed by atoms with Gasteiger partial charge in [-0.1, -0.05) is 30.0 Å². The molecule has 0 aromatic heterocycles. The van der Waals surface area contributed by atoms with E-state index >= 15 is 0 Å². The molecule has 3 heteroatoms. The first-order valence-corrected chi connectivity index (χ1v) is 5.21. The summed E-state index contributed by atoms with van der Waals surface area (Å²) in [4.78, 5) is 10.9. The van der Waals surface area contributed by atoms with Crippen molar-refractivity contribution in [2.45, 2.75) is 19.4 Å². The van der Waals surface area contributed by atoms with E-state index in [1.165, 1.54) is 6.92 Å². The number of carbonyl (C=O) groups is 1. The summed E-state index contributed by atoms with van der Waals surface area (Å²) >= 11 is 0. The molecule has 0 aliphatic rings. The summed E-state index contributed by atoms with van der Waals surface area (Å²) in [5.74, 6) is 5.44. The van der Waals surface area contributed by atoms with Gasteiger partial charge in [0.1, 0.15) is 11.9 Å². The molecule has 0 unspecified atom stereocenters. The Hall–Kier alpha value is -2.05. The molecule has 88 valence electrons. The normalized spacial score (nSPS) is 10.9. The van der Waals surface area contributed by atoms with Gasteiger partial charge in [0, 0.05) is 13.3 Å². The summed E-state index contributed by atoms with van der Waals surface area (Å²) in [6.45, 7) is 4.85. The third-order valence-corrected chi connectivity index (χ3v) is 1.90. The minimum Gasteiger partial charge on any atom is -0.425 e. The van der Waals surface area contributed by atoms with E-state index in [-0.39, 0.29) is 0 Å². The maximum Gasteiger partial charge on any atom is 0.308 e. The van der Waals surface area contributed by atoms with Gasteiger partial charge in [-0.15, -0.1) is 6.58 Å². The highest BCUT2D eigenvalue weighted by molar-refractivity contribution is 5.70. The third kappa shape index (κ3) is 4.54. The second kappa shape index (κ2) is 6.51. The molecule has 0 heterocycles. The maximum atomic E-state index is 10.9. The quantitative estimate of drug-likeness (QED) is 0.373. The average Bonchev–Trinajstić information content (AvgIpc) is 2.27. The summed E-state index contributed by atoms with van der Waals surface area (Å²) in [5, 5.41) is 9.43. The highest BCUT2D eigenvalue weighted by Crippen LogP contribution is 2.16. The number of rotatable bonds is 3. The Bertz CT molecular complexity index is 466. The molecule has 1 N–H and O–H groups in total. The van der Waals surface area contributed by atoms with Crippen LogP contribution in [0.2, 0.25) is 0 Å². The first-order valence-electron chi connectivity index (χ1n) is 5.21. The predicted molar refractivity (Wildman–Crippen MR) is 65.4 cm³/mol. The van der Waals surface area contributed by atoms with Crippen LogP contribution in [0.5, 0.6) is 5.75 Å². The molecular weight excluding hydrogens is 216 g/mol. The second-order valence-electron chi connectivity index (χ2n) is 3.40. The van der Waals surface area contributed by atoms with Crippen molar-refractivity contribution in [3.05, 3.63) is 42.5 Å². The molecule has 1 aromatic rings. The van der Waals surface area contributed by atoms with Gasteiger partial charge in [-0.05, 0) is 12.1 Å². The molecule has 0 amide bonds. The maximum absolute atomic E-state index is 10.9. The SMILES string of the molecule is C=CC[C@H](O)C#Cc1ccccc1OC(C)=O. The molecule has 0 aliphatic carbocycles. The summed E-state index contributed by atoms with van der Waals surface area (Å²) in [7, 11) is 0. The fourth-order valence-electron chi connectivity index (χ4n) is 1.19. The standard InChI is InChI=1S/C14H14O3/c1-3-6-13(16)10-9-12-7-4-5-8-14(12)17-11(2)15/h3-5,7-8,13,16H,1,6H2,2H3/t13-/m0/s1. The topological polar surface area (TPSA) is 46.5 Å². The Kier molecular flexibility index (Phi) is 4.99. The highest BCUT2D eigenvalue weighted by atomic mass is 16.5. The van der Waals surface area contributed by atoms with E-state index in [2.05, 4.69) is 18.4 Å². The number of hydrogen-bond acceptors (Lipinski definition) is 3. The number of aliphatic hydroxyl groups is 1. The number of carbonyl (C=O) groups excluding carboxylic acids is 1. The predicted octanol–water partition coefficient (Wildman–Crippen LogP) is 1.90. The van der Waals surface area contributed by atoms with Crippen LogP contribution in [-0.4, -0.2) is 17.2 Å². The lowest BCUT2D eigenvalue weighted by atomic mass is 10.2. The van der Waals surface area contributed by atoms with Crippen molar-refractivity contribution in [2.75, 3.05) is 0 Å². The summed E-state index contributed by atoms with van der Waals surface area (Å²) in [5.41, 5.74) is 0.575. The zero-order valence-electron chi connectivity index (χ0n) is 9.64. The molecule has 1 aromatic carbocycles. The van der Waals surface area contributed by atoms with Crippen LogP contribution in [-0.2, 0) is 4.79 Å². The summed E-state index contributed by atoms with van der Waals surface area (Å²) in [6, 6.07) is 6.93. The van der Waals surface area contributed by atoms with Crippen molar-refractivity contribution in [3.63, 3.8) is 0 Å². The van der Waals surface area contributed by atoms with Crippen molar-refractivity contribution in [3.8, 4) is 17.6 Å². The van der Waals surface area contributed by atoms with Crippen LogP contribution < -0.4 is 4.74 Å². The molecule has 1 rings (SSSR count). The first-order chi connectivity index (χ1) is 8.13. The average molecular weight is 230 g/mol. The lowest BCUT2D eigenvalue weighted by Crippen LogP contribution is -2.03. The number of esters is 1. The van der Waals surface area contributed by atoms with Gasteiger partial charge in [-0.2, -0.15) is 0 Å². The number of benzene rings is 1. The Labute approximate surface area is 101 Å². The van der Waals surface area contributed by atoms with Crippen LogP contribution in [0.3, 0.4) is 0 Å². The molecule has 1 atom stereocenters. The van der Waals surface area contributed by atoms with Crippen molar-refractivity contribution < 1.29 is 14.6 Å². The van der Waals surface area contributed by atoms with Gasteiger partial charge in [0.15, 0.2) is 0 Å². The van der Waals surface area contributed by atoms with E-state index < -0.39 is 12.1 Å². The Balaban J connectivity index is 2.89. The molecule has 0 saturated heterocycles. The minimum absolute atomic E-state index is 0.397. The largest absolute Gasteiger partial charge is 0.425 e. The van der Waals surface area contributed by atoms with Gasteiger partial charge in [0.05, 0.1) is 5.56 Å². The van der Waals surface area contributed by atoms with Crippen molar-refractivity contribution in [1.29, 1.82) is 0 Å². The number of para-hydroxylation sites is 1. The summed E-state index contributed by atoms with van der Waals surface area (Å²) < 4.78 is 4.99. The van der Waals surface area contributed by atoms with Gasteiger partial charge in [0.2, 0.25) is 0 Å². The number of aliphatic hydroxyl groups excluding tert-OH is 1. The first kappa shape index (κ1) is 13.0. The molecule has 0 spiro atoms. The zero-order chi connectivity index (χ0) is 12.7. The van der Waals surface area contributed by atoms with Crippen LogP contribution in [0.25, 0.3) is 0 Å². The van der Waals surface area contributed by atoms with Crippen molar-refractivity contribution in [1.82, 2.24) is 0 Å². The van der Waals surface area contributed by atoms with Gasteiger partial charge in [-0.25, -0.2) is 0 Å². The van der Waals surface area contributed by atoms with Gasteiger partial charge >= 0.3 is 5.97 Å². The number of hydrogen-bond donors (Lipinski definition) is 1. The van der Waals surface area contributed by atoms with Crippen LogP contribution in [0.1, 0.15) is 18.9 Å². The van der Waals surface area contributed by atoms with E-state index in [1.807, 2.05) is 0 Å². The molecule has 17 heavy (non-hydrogen) atoms. The minimum atomic E-state index is -0.752. The van der Waals surface area contributed by atoms with E-state index in [4.69, 9.17) is 4.74 Å². The molecule has 0 bridgehead atoms. The molecule has 0 aliphatic heterocycles. The Morgan fingerprint density at radius 1 is 1.59 bits per heavy atom. The van der Waals surface area contributed by atoms with Gasteiger partial charge in [0.25, 0.3) is 0 Å². The van der Waals surface area contributed by atoms with E-state index in [1.54, 1.807) is 30.3 Å². The van der Waals surface area contributed by atoms with Crippen LogP contribution >= 0.6 is 0 Å². The molecular formula is C14H14O3. The monoisotopic (exact) mass is 230 g/mol. The second-order valence-corrected chi connectivity index (χ2v) is 3.40. The van der Waals surface area contributed by atoms with Crippen LogP contribution in [0.4, 0.5) is 0 Å². The third-order valence-electron chi connectivity index (χ3n) is 1.90. The Morgan fingerprint density at radius 2 is 2.29 bits per heavy atom. The van der Waals surface area contributed by atoms with E-state index in [0.717, 1.165) is 0 Å². The highest BCUT2D eigenvalue weighted by Gasteiger charge is 2.03. The smallest absolute Gasteiger partial charge is 0.308 e. The van der Waals surface area contributed by atoms with E-state index in [0.29, 0.717) is 17.7 Å². The molecule has 0 saturated carbocycles. The van der Waals surface area contributed by atoms with Crippen molar-refractivity contribution in [2.24, 2.45) is 0 Å². The lowest BCUT2D eigenvalue weighted by Gasteiger charge is -2.03. The molecule has 0 fully saturated rings. The fraction of sp³-hybridized carbons (Fsp3) is 0.214. The molecule has 0 radical (unpaired) electrons. The van der Waals surface area contributed by atoms with Crippen LogP contribution in [0.15, 0.2) is 36.9 Å². The van der Waals surface area contributed by atoms with Gasteiger partial charge in [-0.3, -0.25) is 4.79 Å². The Morgan fingerprint density at radius 3 is 2.94 bits per heavy atom. The van der Waals surface area contributed by atoms with Crippen molar-refractivity contribution >= 4 is 5.97 Å². The van der Waals surface area contributed by atoms with Gasteiger partial charge < -0.3 is 9.84 Å². The van der Waals surface area contributed by atoms with Crippen LogP contribution in [0, 0.1) is 11.8 Å². The molecule has 3 nitrogen and oxygen atoms in total. The fourth-order valence-corrected chi connectivity index (χ4v) is 1.19. The zero-order valence-corrected chi connectivity index (χ0v) is 9.64. The van der Waals surface area contributed by atoms with E-state index in [9.17, 15) is 9.90 Å². The lowest BCUT2D eigenvalue weighted by molar-refractivity contribution is -0.131.